The Kier molecular flexibility index (Phi) is 5.77. The molecule has 0 radical (unpaired) electrons. The predicted molar refractivity (Wildman–Crippen MR) is 90.3 cm³/mol. The van der Waals surface area contributed by atoms with E-state index in [1.165, 1.54) is 0 Å². The Bertz CT molecular complexity index is 704. The number of nitrogens with zero attached hydrogens (tertiary/aromatic N) is 2. The molecule has 2 rings (SSSR count). The molecule has 7 heteroatoms. The van der Waals surface area contributed by atoms with Crippen LogP contribution in [0.1, 0.15) is 24.6 Å². The summed E-state index contributed by atoms with van der Waals surface area (Å²) in [6.45, 7) is 5.01. The fraction of sp³-hybridized carbons (Fsp3) is 0.400. The van der Waals surface area contributed by atoms with Gasteiger partial charge in [0.15, 0.2) is 0 Å². The molecule has 1 aromatic heterocycles. The van der Waals surface area contributed by atoms with E-state index in [1.54, 1.807) is 12.1 Å². The fourth-order valence-corrected chi connectivity index (χ4v) is 3.43. The number of hydrogen-bond donors (Lipinski definition) is 1. The van der Waals surface area contributed by atoms with Crippen LogP contribution in [0.15, 0.2) is 39.8 Å². The molecule has 0 unspecified atom stereocenters. The smallest absolute Gasteiger partial charge is 0.240 e. The molecule has 0 aliphatic carbocycles. The van der Waals surface area contributed by atoms with Crippen LogP contribution in [0.2, 0.25) is 0 Å². The van der Waals surface area contributed by atoms with E-state index in [9.17, 15) is 8.42 Å². The first-order valence-corrected chi connectivity index (χ1v) is 9.48. The van der Waals surface area contributed by atoms with Crippen LogP contribution in [-0.2, 0) is 23.0 Å². The minimum absolute atomic E-state index is 0.308. The Balaban J connectivity index is 1.86. The van der Waals surface area contributed by atoms with Gasteiger partial charge in [-0.15, -0.1) is 0 Å². The van der Waals surface area contributed by atoms with Gasteiger partial charge in [-0.3, -0.25) is 4.68 Å². The minimum Gasteiger partial charge on any atom is -0.271 e. The van der Waals surface area contributed by atoms with Crippen molar-refractivity contribution >= 4 is 26.0 Å². The zero-order valence-corrected chi connectivity index (χ0v) is 15.1. The highest BCUT2D eigenvalue weighted by atomic mass is 79.9. The molecule has 1 heterocycles. The van der Waals surface area contributed by atoms with E-state index in [0.717, 1.165) is 22.2 Å². The van der Waals surface area contributed by atoms with Crippen LogP contribution in [0.5, 0.6) is 0 Å². The number of aromatic nitrogens is 2. The SMILES string of the molecule is CCc1ccc(S(=O)(=O)NCCCn2cc(Br)c(C)n2)cc1. The van der Waals surface area contributed by atoms with Crippen molar-refractivity contribution in [1.29, 1.82) is 0 Å². The van der Waals surface area contributed by atoms with Gasteiger partial charge in [-0.25, -0.2) is 13.1 Å². The Labute approximate surface area is 139 Å². The van der Waals surface area contributed by atoms with Crippen molar-refractivity contribution in [3.8, 4) is 0 Å². The van der Waals surface area contributed by atoms with Crippen molar-refractivity contribution in [2.45, 2.75) is 38.1 Å². The molecule has 0 fully saturated rings. The molecule has 0 saturated carbocycles. The number of aryl methyl sites for hydroxylation is 3. The van der Waals surface area contributed by atoms with Gasteiger partial charge in [-0.1, -0.05) is 19.1 Å². The maximum absolute atomic E-state index is 12.2. The van der Waals surface area contributed by atoms with Crippen LogP contribution in [0.3, 0.4) is 0 Å². The molecule has 0 aliphatic rings. The normalized spacial score (nSPS) is 11.8. The fourth-order valence-electron chi connectivity index (χ4n) is 2.04. The number of rotatable bonds is 7. The molecular formula is C15H20BrN3O2S. The van der Waals surface area contributed by atoms with E-state index in [2.05, 4.69) is 25.8 Å². The van der Waals surface area contributed by atoms with Gasteiger partial charge >= 0.3 is 0 Å². The van der Waals surface area contributed by atoms with Crippen molar-refractivity contribution < 1.29 is 8.42 Å². The predicted octanol–water partition coefficient (Wildman–Crippen LogP) is 2.89. The van der Waals surface area contributed by atoms with Crippen molar-refractivity contribution in [3.05, 3.63) is 46.2 Å². The van der Waals surface area contributed by atoms with Gasteiger partial charge in [-0.2, -0.15) is 5.10 Å². The summed E-state index contributed by atoms with van der Waals surface area (Å²) in [5.74, 6) is 0. The average molecular weight is 386 g/mol. The van der Waals surface area contributed by atoms with Crippen LogP contribution < -0.4 is 4.72 Å². The Morgan fingerprint density at radius 3 is 2.50 bits per heavy atom. The van der Waals surface area contributed by atoms with Gasteiger partial charge < -0.3 is 0 Å². The third-order valence-corrected chi connectivity index (χ3v) is 5.64. The highest BCUT2D eigenvalue weighted by Crippen LogP contribution is 2.13. The summed E-state index contributed by atoms with van der Waals surface area (Å²) >= 11 is 3.40. The van der Waals surface area contributed by atoms with E-state index < -0.39 is 10.0 Å². The zero-order valence-electron chi connectivity index (χ0n) is 12.7. The lowest BCUT2D eigenvalue weighted by atomic mass is 10.2. The topological polar surface area (TPSA) is 64.0 Å². The summed E-state index contributed by atoms with van der Waals surface area (Å²) in [5.41, 5.74) is 2.05. The van der Waals surface area contributed by atoms with Crippen molar-refractivity contribution in [1.82, 2.24) is 14.5 Å². The Morgan fingerprint density at radius 2 is 1.95 bits per heavy atom. The minimum atomic E-state index is -3.43. The van der Waals surface area contributed by atoms with Crippen LogP contribution in [-0.4, -0.2) is 24.7 Å². The molecule has 2 aromatic rings. The van der Waals surface area contributed by atoms with Crippen molar-refractivity contribution in [2.75, 3.05) is 6.54 Å². The maximum Gasteiger partial charge on any atom is 0.240 e. The number of halogens is 1. The quantitative estimate of drug-likeness (QED) is 0.745. The van der Waals surface area contributed by atoms with E-state index in [1.807, 2.05) is 36.9 Å². The van der Waals surface area contributed by atoms with Gasteiger partial charge in [0.1, 0.15) is 0 Å². The molecule has 0 aliphatic heterocycles. The summed E-state index contributed by atoms with van der Waals surface area (Å²) in [4.78, 5) is 0.308. The molecule has 0 atom stereocenters. The molecule has 0 spiro atoms. The van der Waals surface area contributed by atoms with Crippen LogP contribution in [0.25, 0.3) is 0 Å². The molecule has 22 heavy (non-hydrogen) atoms. The summed E-state index contributed by atoms with van der Waals surface area (Å²) in [6, 6.07) is 6.99. The lowest BCUT2D eigenvalue weighted by Crippen LogP contribution is -2.25. The third kappa shape index (κ3) is 4.41. The van der Waals surface area contributed by atoms with E-state index >= 15 is 0 Å². The van der Waals surface area contributed by atoms with Crippen LogP contribution in [0.4, 0.5) is 0 Å². The van der Waals surface area contributed by atoms with Crippen molar-refractivity contribution in [3.63, 3.8) is 0 Å². The number of hydrogen-bond acceptors (Lipinski definition) is 3. The van der Waals surface area contributed by atoms with Gasteiger partial charge in [0, 0.05) is 19.3 Å². The second-order valence-corrected chi connectivity index (χ2v) is 7.70. The Morgan fingerprint density at radius 1 is 1.27 bits per heavy atom. The second-order valence-electron chi connectivity index (χ2n) is 5.07. The highest BCUT2D eigenvalue weighted by Gasteiger charge is 2.12. The Hall–Kier alpha value is -1.18. The molecule has 5 nitrogen and oxygen atoms in total. The van der Waals surface area contributed by atoms with Crippen LogP contribution in [0, 0.1) is 6.92 Å². The monoisotopic (exact) mass is 385 g/mol. The molecule has 120 valence electrons. The average Bonchev–Trinajstić information content (AvgIpc) is 2.82. The van der Waals surface area contributed by atoms with Gasteiger partial charge in [0.05, 0.1) is 15.1 Å². The largest absolute Gasteiger partial charge is 0.271 e. The molecule has 0 saturated heterocycles. The summed E-state index contributed by atoms with van der Waals surface area (Å²) in [6.07, 6.45) is 3.47. The maximum atomic E-state index is 12.2. The van der Waals surface area contributed by atoms with Crippen LogP contribution >= 0.6 is 15.9 Å². The molecule has 1 aromatic carbocycles. The van der Waals surface area contributed by atoms with Crippen molar-refractivity contribution in [2.24, 2.45) is 0 Å². The summed E-state index contributed by atoms with van der Waals surface area (Å²) < 4.78 is 29.7. The first-order valence-electron chi connectivity index (χ1n) is 7.20. The third-order valence-electron chi connectivity index (χ3n) is 3.38. The highest BCUT2D eigenvalue weighted by molar-refractivity contribution is 9.10. The molecule has 0 amide bonds. The zero-order chi connectivity index (χ0) is 16.2. The molecule has 1 N–H and O–H groups in total. The first-order chi connectivity index (χ1) is 10.4. The summed E-state index contributed by atoms with van der Waals surface area (Å²) in [7, 11) is -3.43. The first kappa shape index (κ1) is 17.2. The lowest BCUT2D eigenvalue weighted by Gasteiger charge is -2.07. The van der Waals surface area contributed by atoms with Gasteiger partial charge in [0.2, 0.25) is 10.0 Å². The number of sulfonamides is 1. The second kappa shape index (κ2) is 7.39. The number of benzene rings is 1. The molecular weight excluding hydrogens is 366 g/mol. The van der Waals surface area contributed by atoms with Gasteiger partial charge in [0.25, 0.3) is 0 Å². The van der Waals surface area contributed by atoms with E-state index in [0.29, 0.717) is 24.4 Å². The number of nitrogens with one attached hydrogen (secondary N) is 1. The lowest BCUT2D eigenvalue weighted by molar-refractivity contribution is 0.551. The van der Waals surface area contributed by atoms with E-state index in [-0.39, 0.29) is 0 Å². The standard InChI is InChI=1S/C15H20BrN3O2S/c1-3-13-5-7-14(8-6-13)22(20,21)17-9-4-10-19-11-15(16)12(2)18-19/h5-8,11,17H,3-4,9-10H2,1-2H3. The van der Waals surface area contributed by atoms with Gasteiger partial charge in [-0.05, 0) is 53.4 Å². The summed E-state index contributed by atoms with van der Waals surface area (Å²) in [5, 5.41) is 4.31. The molecule has 0 bridgehead atoms. The van der Waals surface area contributed by atoms with E-state index in [4.69, 9.17) is 0 Å².